The first-order valence-corrected chi connectivity index (χ1v) is 9.29. The molecule has 1 amide bonds. The summed E-state index contributed by atoms with van der Waals surface area (Å²) in [6.45, 7) is 2.26. The fourth-order valence-electron chi connectivity index (χ4n) is 3.66. The fraction of sp³-hybridized carbons (Fsp3) is 0.318. The lowest BCUT2D eigenvalue weighted by Crippen LogP contribution is -2.33. The number of aliphatic hydroxyl groups excluding tert-OH is 1. The van der Waals surface area contributed by atoms with E-state index in [4.69, 9.17) is 9.15 Å². The second kappa shape index (κ2) is 7.45. The molecule has 5 nitrogen and oxygen atoms in total. The van der Waals surface area contributed by atoms with E-state index < -0.39 is 0 Å². The highest BCUT2D eigenvalue weighted by Crippen LogP contribution is 2.30. The molecule has 0 bridgehead atoms. The van der Waals surface area contributed by atoms with Crippen molar-refractivity contribution < 1.29 is 19.1 Å². The normalized spacial score (nSPS) is 19.3. The maximum atomic E-state index is 12.8. The number of aryl methyl sites for hydroxylation is 1. The number of benzene rings is 2. The minimum atomic E-state index is -0.324. The van der Waals surface area contributed by atoms with Gasteiger partial charge < -0.3 is 19.6 Å². The highest BCUT2D eigenvalue weighted by atomic mass is 16.5. The van der Waals surface area contributed by atoms with Crippen LogP contribution in [-0.2, 0) is 6.61 Å². The summed E-state index contributed by atoms with van der Waals surface area (Å²) in [6, 6.07) is 15.5. The Balaban J connectivity index is 1.55. The number of hydrogen-bond donors (Lipinski definition) is 2. The smallest absolute Gasteiger partial charge is 0.255 e. The van der Waals surface area contributed by atoms with Crippen molar-refractivity contribution in [3.05, 3.63) is 65.4 Å². The Morgan fingerprint density at radius 2 is 2.04 bits per heavy atom. The Labute approximate surface area is 157 Å². The fourth-order valence-corrected chi connectivity index (χ4v) is 3.66. The molecule has 1 aliphatic carbocycles. The second-order valence-corrected chi connectivity index (χ2v) is 7.10. The Morgan fingerprint density at radius 1 is 1.22 bits per heavy atom. The molecule has 1 aliphatic rings. The molecule has 3 aromatic rings. The topological polar surface area (TPSA) is 71.7 Å². The van der Waals surface area contributed by atoms with E-state index in [9.17, 15) is 9.90 Å². The molecule has 0 aliphatic heterocycles. The summed E-state index contributed by atoms with van der Waals surface area (Å²) in [5.74, 6) is 1.12. The number of fused-ring (bicyclic) bond motifs is 1. The zero-order chi connectivity index (χ0) is 18.8. The predicted molar refractivity (Wildman–Crippen MR) is 103 cm³/mol. The van der Waals surface area contributed by atoms with E-state index in [0.717, 1.165) is 23.8 Å². The predicted octanol–water partition coefficient (Wildman–Crippen LogP) is 3.96. The van der Waals surface area contributed by atoms with Gasteiger partial charge in [-0.15, -0.1) is 0 Å². The van der Waals surface area contributed by atoms with Crippen molar-refractivity contribution in [2.24, 2.45) is 0 Å². The van der Waals surface area contributed by atoms with E-state index in [2.05, 4.69) is 5.32 Å². The van der Waals surface area contributed by atoms with Crippen LogP contribution in [0, 0.1) is 6.92 Å². The number of rotatable bonds is 5. The van der Waals surface area contributed by atoms with Crippen LogP contribution in [0.5, 0.6) is 5.75 Å². The molecule has 27 heavy (non-hydrogen) atoms. The maximum absolute atomic E-state index is 12.8. The Bertz CT molecular complexity index is 948. The molecule has 4 rings (SSSR count). The minimum absolute atomic E-state index is 0.00867. The molecule has 2 unspecified atom stereocenters. The van der Waals surface area contributed by atoms with Gasteiger partial charge in [0, 0.05) is 11.4 Å². The molecule has 140 valence electrons. The third kappa shape index (κ3) is 3.83. The maximum Gasteiger partial charge on any atom is 0.255 e. The second-order valence-electron chi connectivity index (χ2n) is 7.10. The molecule has 2 aromatic carbocycles. The molecule has 1 saturated carbocycles. The zero-order valence-corrected chi connectivity index (χ0v) is 15.3. The van der Waals surface area contributed by atoms with Crippen molar-refractivity contribution in [2.75, 3.05) is 0 Å². The van der Waals surface area contributed by atoms with Crippen LogP contribution in [0.1, 0.15) is 40.9 Å². The average molecular weight is 365 g/mol. The van der Waals surface area contributed by atoms with Crippen LogP contribution in [-0.4, -0.2) is 23.2 Å². The molecule has 0 radical (unpaired) electrons. The van der Waals surface area contributed by atoms with E-state index in [1.807, 2.05) is 48.5 Å². The summed E-state index contributed by atoms with van der Waals surface area (Å²) in [7, 11) is 0. The van der Waals surface area contributed by atoms with Crippen LogP contribution >= 0.6 is 0 Å². The summed E-state index contributed by atoms with van der Waals surface area (Å²) in [6.07, 6.45) is 1.81. The van der Waals surface area contributed by atoms with Gasteiger partial charge in [-0.25, -0.2) is 0 Å². The number of ether oxygens (including phenoxy) is 1. The highest BCUT2D eigenvalue weighted by molar-refractivity contribution is 6.07. The monoisotopic (exact) mass is 365 g/mol. The summed E-state index contributed by atoms with van der Waals surface area (Å²) >= 11 is 0. The van der Waals surface area contributed by atoms with Gasteiger partial charge in [-0.05, 0) is 49.9 Å². The van der Waals surface area contributed by atoms with Crippen molar-refractivity contribution in [2.45, 2.75) is 44.9 Å². The van der Waals surface area contributed by atoms with Crippen LogP contribution in [0.15, 0.2) is 52.9 Å². The highest BCUT2D eigenvalue weighted by Gasteiger charge is 2.26. The Hall–Kier alpha value is -2.79. The summed E-state index contributed by atoms with van der Waals surface area (Å²) < 4.78 is 11.6. The number of aliphatic hydroxyl groups is 1. The molecular formula is C22H23NO4. The van der Waals surface area contributed by atoms with Gasteiger partial charge in [-0.1, -0.05) is 30.3 Å². The quantitative estimate of drug-likeness (QED) is 0.718. The number of carbonyl (C=O) groups excluding carboxylic acids is 1. The SMILES string of the molecule is Cc1oc2ccc(OCc3ccccc3)cc2c1C(=O)NC1CCC(O)C1. The van der Waals surface area contributed by atoms with Crippen LogP contribution < -0.4 is 10.1 Å². The molecule has 1 fully saturated rings. The van der Waals surface area contributed by atoms with E-state index in [-0.39, 0.29) is 18.1 Å². The largest absolute Gasteiger partial charge is 0.489 e. The number of furan rings is 1. The summed E-state index contributed by atoms with van der Waals surface area (Å²) in [5.41, 5.74) is 2.28. The molecule has 0 saturated heterocycles. The van der Waals surface area contributed by atoms with Gasteiger partial charge in [0.2, 0.25) is 0 Å². The molecule has 2 atom stereocenters. The van der Waals surface area contributed by atoms with Gasteiger partial charge in [0.25, 0.3) is 5.91 Å². The van der Waals surface area contributed by atoms with Crippen LogP contribution in [0.25, 0.3) is 11.0 Å². The van der Waals surface area contributed by atoms with Crippen molar-refractivity contribution in [1.29, 1.82) is 0 Å². The number of hydrogen-bond acceptors (Lipinski definition) is 4. The van der Waals surface area contributed by atoms with Crippen LogP contribution in [0.4, 0.5) is 0 Å². The lowest BCUT2D eigenvalue weighted by molar-refractivity contribution is 0.0934. The van der Waals surface area contributed by atoms with E-state index in [0.29, 0.717) is 35.7 Å². The van der Waals surface area contributed by atoms with Gasteiger partial charge in [0.1, 0.15) is 23.7 Å². The lowest BCUT2D eigenvalue weighted by Gasteiger charge is -2.12. The third-order valence-electron chi connectivity index (χ3n) is 5.05. The van der Waals surface area contributed by atoms with Crippen molar-refractivity contribution in [1.82, 2.24) is 5.32 Å². The molecule has 0 spiro atoms. The van der Waals surface area contributed by atoms with Crippen molar-refractivity contribution in [3.63, 3.8) is 0 Å². The van der Waals surface area contributed by atoms with E-state index >= 15 is 0 Å². The van der Waals surface area contributed by atoms with Gasteiger partial charge in [-0.3, -0.25) is 4.79 Å². The minimum Gasteiger partial charge on any atom is -0.489 e. The van der Waals surface area contributed by atoms with Gasteiger partial charge in [0.05, 0.1) is 11.7 Å². The number of carbonyl (C=O) groups is 1. The molecule has 5 heteroatoms. The van der Waals surface area contributed by atoms with Gasteiger partial charge in [-0.2, -0.15) is 0 Å². The summed E-state index contributed by atoms with van der Waals surface area (Å²) in [5, 5.41) is 13.4. The van der Waals surface area contributed by atoms with Crippen molar-refractivity contribution >= 4 is 16.9 Å². The van der Waals surface area contributed by atoms with Crippen molar-refractivity contribution in [3.8, 4) is 5.75 Å². The molecule has 1 heterocycles. The third-order valence-corrected chi connectivity index (χ3v) is 5.05. The standard InChI is InChI=1S/C22H23NO4/c1-14-21(22(25)23-16-7-8-17(24)11-16)19-12-18(9-10-20(19)27-14)26-13-15-5-3-2-4-6-15/h2-6,9-10,12,16-17,24H,7-8,11,13H2,1H3,(H,23,25). The van der Waals surface area contributed by atoms with Gasteiger partial charge in [0.15, 0.2) is 0 Å². The molecule has 1 aromatic heterocycles. The van der Waals surface area contributed by atoms with Crippen LogP contribution in [0.2, 0.25) is 0 Å². The van der Waals surface area contributed by atoms with Gasteiger partial charge >= 0.3 is 0 Å². The first kappa shape index (κ1) is 17.6. The number of nitrogens with one attached hydrogen (secondary N) is 1. The first-order chi connectivity index (χ1) is 13.1. The van der Waals surface area contributed by atoms with E-state index in [1.54, 1.807) is 6.92 Å². The number of amides is 1. The summed E-state index contributed by atoms with van der Waals surface area (Å²) in [4.78, 5) is 12.8. The Morgan fingerprint density at radius 3 is 2.78 bits per heavy atom. The first-order valence-electron chi connectivity index (χ1n) is 9.29. The van der Waals surface area contributed by atoms with E-state index in [1.165, 1.54) is 0 Å². The zero-order valence-electron chi connectivity index (χ0n) is 15.3. The molecular weight excluding hydrogens is 342 g/mol. The average Bonchev–Trinajstić information content (AvgIpc) is 3.22. The lowest BCUT2D eigenvalue weighted by atomic mass is 10.1. The molecule has 2 N–H and O–H groups in total. The van der Waals surface area contributed by atoms with Crippen LogP contribution in [0.3, 0.4) is 0 Å². The Kier molecular flexibility index (Phi) is 4.86.